The molecule has 0 radical (unpaired) electrons. The Hall–Kier alpha value is -0.660. The summed E-state index contributed by atoms with van der Waals surface area (Å²) in [5, 5.41) is 0. The van der Waals surface area contributed by atoms with Crippen LogP contribution in [0.4, 0.5) is 0 Å². The number of allylic oxidation sites excluding steroid dienone is 2. The van der Waals surface area contributed by atoms with E-state index in [2.05, 4.69) is 41.5 Å². The summed E-state index contributed by atoms with van der Waals surface area (Å²) in [5.41, 5.74) is 0. The molecule has 1 unspecified atom stereocenters. The van der Waals surface area contributed by atoms with Crippen molar-refractivity contribution >= 4 is 0 Å². The molecular weight excluding hydrogens is 200 g/mol. The molecule has 1 aliphatic heterocycles. The van der Waals surface area contributed by atoms with E-state index in [1.807, 2.05) is 0 Å². The quantitative estimate of drug-likeness (QED) is 0.722. The lowest BCUT2D eigenvalue weighted by atomic mass is 10.0. The van der Waals surface area contributed by atoms with Gasteiger partial charge in [0, 0.05) is 11.8 Å². The van der Waals surface area contributed by atoms with Crippen LogP contribution in [0.5, 0.6) is 0 Å². The van der Waals surface area contributed by atoms with Gasteiger partial charge in [0.15, 0.2) is 0 Å². The summed E-state index contributed by atoms with van der Waals surface area (Å²) in [6, 6.07) is 0. The third-order valence-corrected chi connectivity index (χ3v) is 2.74. The van der Waals surface area contributed by atoms with Gasteiger partial charge in [0.25, 0.3) is 0 Å². The monoisotopic (exact) mass is 226 g/mol. The summed E-state index contributed by atoms with van der Waals surface area (Å²) in [6.07, 6.45) is 1.31. The highest BCUT2D eigenvalue weighted by atomic mass is 16.6. The third kappa shape index (κ3) is 3.43. The lowest BCUT2D eigenvalue weighted by Crippen LogP contribution is -2.30. The van der Waals surface area contributed by atoms with Crippen LogP contribution in [0.3, 0.4) is 0 Å². The normalized spacial score (nSPS) is 21.7. The van der Waals surface area contributed by atoms with Crippen molar-refractivity contribution in [2.24, 2.45) is 17.8 Å². The van der Waals surface area contributed by atoms with Gasteiger partial charge in [0.2, 0.25) is 0 Å². The standard InChI is InChI=1S/C14H26O2/c1-9(2)7-12-8-15-13(10(3)4)14(16-12)11(5)6/h9-12H,7-8H2,1-6H3. The van der Waals surface area contributed by atoms with E-state index < -0.39 is 0 Å². The van der Waals surface area contributed by atoms with Gasteiger partial charge in [-0.25, -0.2) is 0 Å². The van der Waals surface area contributed by atoms with E-state index in [0.717, 1.165) is 17.9 Å². The van der Waals surface area contributed by atoms with Crippen LogP contribution in [-0.2, 0) is 9.47 Å². The first kappa shape index (κ1) is 13.4. The average Bonchev–Trinajstić information content (AvgIpc) is 2.16. The molecule has 1 rings (SSSR count). The van der Waals surface area contributed by atoms with Crippen molar-refractivity contribution < 1.29 is 9.47 Å². The first-order chi connectivity index (χ1) is 7.41. The molecule has 0 saturated heterocycles. The van der Waals surface area contributed by atoms with Crippen LogP contribution in [0.15, 0.2) is 11.5 Å². The molecule has 0 aromatic carbocycles. The molecule has 0 aromatic rings. The zero-order chi connectivity index (χ0) is 12.3. The lowest BCUT2D eigenvalue weighted by Gasteiger charge is -2.33. The second-order valence-electron chi connectivity index (χ2n) is 5.72. The van der Waals surface area contributed by atoms with Crippen molar-refractivity contribution in [3.05, 3.63) is 11.5 Å². The van der Waals surface area contributed by atoms with Gasteiger partial charge in [0.05, 0.1) is 0 Å². The third-order valence-electron chi connectivity index (χ3n) is 2.74. The van der Waals surface area contributed by atoms with Crippen LogP contribution >= 0.6 is 0 Å². The van der Waals surface area contributed by atoms with Crippen LogP contribution in [-0.4, -0.2) is 12.7 Å². The minimum Gasteiger partial charge on any atom is -0.490 e. The molecule has 0 N–H and O–H groups in total. The fourth-order valence-electron chi connectivity index (χ4n) is 2.04. The van der Waals surface area contributed by atoms with E-state index in [-0.39, 0.29) is 6.10 Å². The molecule has 0 bridgehead atoms. The fraction of sp³-hybridized carbons (Fsp3) is 0.857. The fourth-order valence-corrected chi connectivity index (χ4v) is 2.04. The topological polar surface area (TPSA) is 18.5 Å². The average molecular weight is 226 g/mol. The van der Waals surface area contributed by atoms with Gasteiger partial charge in [-0.1, -0.05) is 41.5 Å². The molecule has 2 nitrogen and oxygen atoms in total. The van der Waals surface area contributed by atoms with Gasteiger partial charge in [-0.2, -0.15) is 0 Å². The molecule has 0 fully saturated rings. The molecule has 2 heteroatoms. The molecule has 0 amide bonds. The molecule has 1 heterocycles. The first-order valence-electron chi connectivity index (χ1n) is 6.45. The summed E-state index contributed by atoms with van der Waals surface area (Å²) < 4.78 is 12.0. The molecule has 0 aliphatic carbocycles. The van der Waals surface area contributed by atoms with E-state index in [0.29, 0.717) is 24.4 Å². The largest absolute Gasteiger partial charge is 0.490 e. The maximum atomic E-state index is 6.09. The summed E-state index contributed by atoms with van der Waals surface area (Å²) >= 11 is 0. The lowest BCUT2D eigenvalue weighted by molar-refractivity contribution is -0.0324. The zero-order valence-electron chi connectivity index (χ0n) is 11.5. The van der Waals surface area contributed by atoms with Crippen molar-refractivity contribution in [1.29, 1.82) is 0 Å². The predicted molar refractivity (Wildman–Crippen MR) is 67.0 cm³/mol. The molecule has 0 aromatic heterocycles. The maximum Gasteiger partial charge on any atom is 0.137 e. The molecule has 1 atom stereocenters. The highest BCUT2D eigenvalue weighted by molar-refractivity contribution is 5.09. The molecular formula is C14H26O2. The summed E-state index contributed by atoms with van der Waals surface area (Å²) in [4.78, 5) is 0. The van der Waals surface area contributed by atoms with Crippen LogP contribution in [0, 0.1) is 17.8 Å². The van der Waals surface area contributed by atoms with E-state index in [1.165, 1.54) is 0 Å². The molecule has 0 spiro atoms. The summed E-state index contributed by atoms with van der Waals surface area (Å²) in [6.45, 7) is 13.8. The summed E-state index contributed by atoms with van der Waals surface area (Å²) in [5.74, 6) is 3.59. The van der Waals surface area contributed by atoms with Crippen LogP contribution in [0.25, 0.3) is 0 Å². The molecule has 16 heavy (non-hydrogen) atoms. The highest BCUT2D eigenvalue weighted by Gasteiger charge is 2.27. The second kappa shape index (κ2) is 5.60. The Morgan fingerprint density at radius 3 is 2.00 bits per heavy atom. The van der Waals surface area contributed by atoms with Gasteiger partial charge in [-0.3, -0.25) is 0 Å². The van der Waals surface area contributed by atoms with E-state index in [9.17, 15) is 0 Å². The Morgan fingerprint density at radius 1 is 1.00 bits per heavy atom. The van der Waals surface area contributed by atoms with Crippen molar-refractivity contribution in [3.63, 3.8) is 0 Å². The molecule has 1 aliphatic rings. The van der Waals surface area contributed by atoms with Crippen LogP contribution in [0.2, 0.25) is 0 Å². The number of ether oxygens (including phenoxy) is 2. The van der Waals surface area contributed by atoms with Gasteiger partial charge in [0.1, 0.15) is 24.2 Å². The number of rotatable bonds is 4. The maximum absolute atomic E-state index is 6.09. The Labute approximate surface area is 100 Å². The SMILES string of the molecule is CC(C)CC1COC(C(C)C)=C(C(C)C)O1. The van der Waals surface area contributed by atoms with Gasteiger partial charge in [-0.15, -0.1) is 0 Å². The van der Waals surface area contributed by atoms with Gasteiger partial charge in [-0.05, 0) is 12.3 Å². The van der Waals surface area contributed by atoms with Crippen LogP contribution < -0.4 is 0 Å². The highest BCUT2D eigenvalue weighted by Crippen LogP contribution is 2.30. The second-order valence-corrected chi connectivity index (χ2v) is 5.72. The first-order valence-corrected chi connectivity index (χ1v) is 6.45. The molecule has 0 saturated carbocycles. The smallest absolute Gasteiger partial charge is 0.137 e. The Balaban J connectivity index is 2.75. The predicted octanol–water partition coefficient (Wildman–Crippen LogP) is 3.97. The van der Waals surface area contributed by atoms with E-state index >= 15 is 0 Å². The van der Waals surface area contributed by atoms with Gasteiger partial charge >= 0.3 is 0 Å². The molecule has 94 valence electrons. The Kier molecular flexibility index (Phi) is 4.69. The van der Waals surface area contributed by atoms with Gasteiger partial charge < -0.3 is 9.47 Å². The minimum atomic E-state index is 0.236. The summed E-state index contributed by atoms with van der Waals surface area (Å²) in [7, 11) is 0. The van der Waals surface area contributed by atoms with Crippen LogP contribution in [0.1, 0.15) is 48.0 Å². The van der Waals surface area contributed by atoms with Crippen molar-refractivity contribution in [2.45, 2.75) is 54.1 Å². The Morgan fingerprint density at radius 2 is 1.56 bits per heavy atom. The zero-order valence-corrected chi connectivity index (χ0v) is 11.5. The number of hydrogen-bond acceptors (Lipinski definition) is 2. The van der Waals surface area contributed by atoms with Crippen molar-refractivity contribution in [2.75, 3.05) is 6.61 Å². The van der Waals surface area contributed by atoms with Crippen molar-refractivity contribution in [1.82, 2.24) is 0 Å². The minimum absolute atomic E-state index is 0.236. The van der Waals surface area contributed by atoms with Crippen molar-refractivity contribution in [3.8, 4) is 0 Å². The Bertz CT molecular complexity index is 251. The number of hydrogen-bond donors (Lipinski definition) is 0. The van der Waals surface area contributed by atoms with E-state index in [4.69, 9.17) is 9.47 Å². The van der Waals surface area contributed by atoms with E-state index in [1.54, 1.807) is 0 Å².